The van der Waals surface area contributed by atoms with Gasteiger partial charge in [-0.2, -0.15) is 0 Å². The van der Waals surface area contributed by atoms with Crippen LogP contribution in [0.5, 0.6) is 0 Å². The Morgan fingerprint density at radius 3 is 2.16 bits per heavy atom. The van der Waals surface area contributed by atoms with Crippen molar-refractivity contribution in [3.63, 3.8) is 0 Å². The van der Waals surface area contributed by atoms with Crippen molar-refractivity contribution in [3.8, 4) is 0 Å². The highest BCUT2D eigenvalue weighted by molar-refractivity contribution is 5.34. The fourth-order valence-corrected chi connectivity index (χ4v) is 2.51. The first kappa shape index (κ1) is 16.2. The monoisotopic (exact) mass is 265 g/mol. The quantitative estimate of drug-likeness (QED) is 0.680. The van der Waals surface area contributed by atoms with Crippen molar-refractivity contribution in [1.82, 2.24) is 5.32 Å². The minimum Gasteiger partial charge on any atom is -0.315 e. The van der Waals surface area contributed by atoms with Crippen molar-refractivity contribution in [2.24, 2.45) is 0 Å². The third kappa shape index (κ3) is 6.20. The fourth-order valence-electron chi connectivity index (χ4n) is 2.51. The number of hydrogen-bond donors (Lipinski definition) is 1. The second kappa shape index (κ2) is 8.31. The fraction of sp³-hybridized carbons (Fsp3) is 0.647. The Kier molecular flexibility index (Phi) is 7.07. The van der Waals surface area contributed by atoms with E-state index >= 15 is 0 Å². The Bertz CT molecular complexity index is 362. The van der Waals surface area contributed by atoms with E-state index in [4.69, 9.17) is 0 Å². The lowest BCUT2D eigenvalue weighted by atomic mass is 9.97. The second-order valence-corrected chi connectivity index (χ2v) is 5.79. The molecule has 0 unspecified atom stereocenters. The molecule has 0 radical (unpaired) electrons. The maximum atomic E-state index is 13.2. The molecule has 19 heavy (non-hydrogen) atoms. The van der Waals surface area contributed by atoms with Crippen molar-refractivity contribution >= 4 is 0 Å². The Labute approximate surface area is 117 Å². The van der Waals surface area contributed by atoms with Gasteiger partial charge in [-0.05, 0) is 68.5 Å². The van der Waals surface area contributed by atoms with E-state index in [0.29, 0.717) is 6.04 Å². The molecule has 0 fully saturated rings. The summed E-state index contributed by atoms with van der Waals surface area (Å²) in [4.78, 5) is 0. The van der Waals surface area contributed by atoms with Crippen LogP contribution in [-0.4, -0.2) is 12.6 Å². The summed E-state index contributed by atoms with van der Waals surface area (Å²) in [6.07, 6.45) is 6.07. The largest absolute Gasteiger partial charge is 0.315 e. The van der Waals surface area contributed by atoms with Crippen LogP contribution in [0.2, 0.25) is 0 Å². The second-order valence-electron chi connectivity index (χ2n) is 5.79. The molecule has 0 bridgehead atoms. The van der Waals surface area contributed by atoms with Gasteiger partial charge in [0.25, 0.3) is 0 Å². The third-order valence-corrected chi connectivity index (χ3v) is 3.57. The number of rotatable bonds is 8. The molecule has 1 aromatic rings. The van der Waals surface area contributed by atoms with E-state index < -0.39 is 0 Å². The van der Waals surface area contributed by atoms with Gasteiger partial charge in [-0.25, -0.2) is 4.39 Å². The van der Waals surface area contributed by atoms with Gasteiger partial charge in [0.1, 0.15) is 5.82 Å². The molecule has 0 amide bonds. The lowest BCUT2D eigenvalue weighted by Gasteiger charge is -2.10. The molecule has 0 aromatic heterocycles. The van der Waals surface area contributed by atoms with Crippen LogP contribution in [0.1, 0.15) is 56.2 Å². The Balaban J connectivity index is 2.23. The van der Waals surface area contributed by atoms with Crippen molar-refractivity contribution in [1.29, 1.82) is 0 Å². The lowest BCUT2D eigenvalue weighted by Crippen LogP contribution is -2.23. The van der Waals surface area contributed by atoms with Gasteiger partial charge < -0.3 is 5.32 Å². The highest BCUT2D eigenvalue weighted by atomic mass is 19.1. The predicted octanol–water partition coefficient (Wildman–Crippen LogP) is 4.54. The average Bonchev–Trinajstić information content (AvgIpc) is 2.30. The molecule has 108 valence electrons. The molecule has 0 aliphatic carbocycles. The van der Waals surface area contributed by atoms with Crippen molar-refractivity contribution in [3.05, 3.63) is 34.6 Å². The van der Waals surface area contributed by atoms with E-state index in [-0.39, 0.29) is 5.82 Å². The lowest BCUT2D eigenvalue weighted by molar-refractivity contribution is 0.541. The van der Waals surface area contributed by atoms with E-state index in [9.17, 15) is 4.39 Å². The summed E-state index contributed by atoms with van der Waals surface area (Å²) in [6.45, 7) is 9.50. The number of aryl methyl sites for hydroxylation is 2. The summed E-state index contributed by atoms with van der Waals surface area (Å²) in [5.74, 6) is -0.112. The van der Waals surface area contributed by atoms with Crippen molar-refractivity contribution in [2.75, 3.05) is 6.54 Å². The minimum atomic E-state index is -0.112. The van der Waals surface area contributed by atoms with E-state index in [1.165, 1.54) is 31.2 Å². The molecular formula is C17H28FN. The van der Waals surface area contributed by atoms with E-state index in [2.05, 4.69) is 19.2 Å². The van der Waals surface area contributed by atoms with Gasteiger partial charge in [-0.3, -0.25) is 0 Å². The van der Waals surface area contributed by atoms with Crippen molar-refractivity contribution < 1.29 is 4.39 Å². The zero-order chi connectivity index (χ0) is 14.3. The van der Waals surface area contributed by atoms with Crippen LogP contribution < -0.4 is 5.32 Å². The number of benzene rings is 1. The highest BCUT2D eigenvalue weighted by Crippen LogP contribution is 2.18. The maximum Gasteiger partial charge on any atom is 0.123 e. The zero-order valence-electron chi connectivity index (χ0n) is 12.9. The van der Waals surface area contributed by atoms with Crippen LogP contribution in [0.3, 0.4) is 0 Å². The molecule has 0 aliphatic heterocycles. The normalized spacial score (nSPS) is 11.3. The predicted molar refractivity (Wildman–Crippen MR) is 81.2 cm³/mol. The van der Waals surface area contributed by atoms with Gasteiger partial charge in [-0.1, -0.05) is 26.7 Å². The first-order valence-electron chi connectivity index (χ1n) is 7.49. The Morgan fingerprint density at radius 1 is 1.00 bits per heavy atom. The Hall–Kier alpha value is -0.890. The van der Waals surface area contributed by atoms with Gasteiger partial charge in [-0.15, -0.1) is 0 Å². The highest BCUT2D eigenvalue weighted by Gasteiger charge is 2.04. The van der Waals surface area contributed by atoms with Gasteiger partial charge in [0.15, 0.2) is 0 Å². The number of unbranched alkanes of at least 4 members (excludes halogenated alkanes) is 3. The molecule has 0 spiro atoms. The van der Waals surface area contributed by atoms with E-state index in [1.54, 1.807) is 12.1 Å². The molecule has 1 N–H and O–H groups in total. The molecule has 1 rings (SSSR count). The molecule has 0 saturated heterocycles. The first-order valence-corrected chi connectivity index (χ1v) is 7.49. The smallest absolute Gasteiger partial charge is 0.123 e. The Morgan fingerprint density at radius 2 is 1.58 bits per heavy atom. The maximum absolute atomic E-state index is 13.2. The summed E-state index contributed by atoms with van der Waals surface area (Å²) >= 11 is 0. The molecule has 1 aromatic carbocycles. The summed E-state index contributed by atoms with van der Waals surface area (Å²) < 4.78 is 13.2. The minimum absolute atomic E-state index is 0.112. The van der Waals surface area contributed by atoms with Gasteiger partial charge in [0.2, 0.25) is 0 Å². The van der Waals surface area contributed by atoms with Crippen LogP contribution >= 0.6 is 0 Å². The molecular weight excluding hydrogens is 237 g/mol. The number of hydrogen-bond acceptors (Lipinski definition) is 1. The SMILES string of the molecule is Cc1cc(F)cc(C)c1CCCCCCNC(C)C. The van der Waals surface area contributed by atoms with Gasteiger partial charge >= 0.3 is 0 Å². The molecule has 0 saturated carbocycles. The molecule has 2 heteroatoms. The molecule has 0 heterocycles. The standard InChI is InChI=1S/C17H28FN/c1-13(2)19-10-8-6-5-7-9-17-14(3)11-16(18)12-15(17)4/h11-13,19H,5-10H2,1-4H3. The van der Waals surface area contributed by atoms with E-state index in [0.717, 1.165) is 24.1 Å². The summed E-state index contributed by atoms with van der Waals surface area (Å²) in [5, 5.41) is 3.44. The van der Waals surface area contributed by atoms with Crippen LogP contribution in [0.15, 0.2) is 12.1 Å². The first-order chi connectivity index (χ1) is 9.00. The zero-order valence-corrected chi connectivity index (χ0v) is 12.9. The summed E-state index contributed by atoms with van der Waals surface area (Å²) in [5.41, 5.74) is 3.53. The summed E-state index contributed by atoms with van der Waals surface area (Å²) in [6, 6.07) is 3.88. The topological polar surface area (TPSA) is 12.0 Å². The van der Waals surface area contributed by atoms with Crippen LogP contribution in [-0.2, 0) is 6.42 Å². The third-order valence-electron chi connectivity index (χ3n) is 3.57. The molecule has 0 aliphatic rings. The summed E-state index contributed by atoms with van der Waals surface area (Å²) in [7, 11) is 0. The van der Waals surface area contributed by atoms with Gasteiger partial charge in [0, 0.05) is 6.04 Å². The average molecular weight is 265 g/mol. The van der Waals surface area contributed by atoms with Crippen molar-refractivity contribution in [2.45, 2.75) is 65.8 Å². The molecule has 1 nitrogen and oxygen atoms in total. The van der Waals surface area contributed by atoms with Crippen LogP contribution in [0.4, 0.5) is 4.39 Å². The van der Waals surface area contributed by atoms with Crippen LogP contribution in [0.25, 0.3) is 0 Å². The van der Waals surface area contributed by atoms with Gasteiger partial charge in [0.05, 0.1) is 0 Å². The van der Waals surface area contributed by atoms with E-state index in [1.807, 2.05) is 13.8 Å². The van der Waals surface area contributed by atoms with Crippen LogP contribution in [0, 0.1) is 19.7 Å². The molecule has 0 atom stereocenters. The number of halogens is 1. The number of nitrogens with one attached hydrogen (secondary N) is 1.